The van der Waals surface area contributed by atoms with Gasteiger partial charge < -0.3 is 14.8 Å². The average Bonchev–Trinajstić information content (AvgIpc) is 2.64. The lowest BCUT2D eigenvalue weighted by molar-refractivity contribution is -0.134. The molecule has 1 N–H and O–H groups in total. The zero-order chi connectivity index (χ0) is 18.1. The smallest absolute Gasteiger partial charge is 0.330 e. The molecule has 25 heavy (non-hydrogen) atoms. The van der Waals surface area contributed by atoms with E-state index in [1.54, 1.807) is 18.2 Å². The van der Waals surface area contributed by atoms with Crippen molar-refractivity contribution in [2.24, 2.45) is 0 Å². The van der Waals surface area contributed by atoms with E-state index in [9.17, 15) is 9.59 Å². The highest BCUT2D eigenvalue weighted by Gasteiger charge is 2.05. The van der Waals surface area contributed by atoms with Crippen molar-refractivity contribution in [2.75, 3.05) is 13.7 Å². The van der Waals surface area contributed by atoms with Crippen LogP contribution in [0.15, 0.2) is 65.2 Å². The van der Waals surface area contributed by atoms with Crippen molar-refractivity contribution in [3.05, 3.63) is 76.3 Å². The van der Waals surface area contributed by atoms with Gasteiger partial charge in [-0.25, -0.2) is 4.79 Å². The molecule has 6 heteroatoms. The molecule has 0 saturated heterocycles. The highest BCUT2D eigenvalue weighted by Crippen LogP contribution is 2.17. The summed E-state index contributed by atoms with van der Waals surface area (Å²) >= 11 is 3.37. The van der Waals surface area contributed by atoms with Gasteiger partial charge in [0.2, 0.25) is 0 Å². The molecule has 0 aromatic heterocycles. The first-order valence-electron chi connectivity index (χ1n) is 7.58. The maximum absolute atomic E-state index is 12.1. The number of halogens is 1. The van der Waals surface area contributed by atoms with E-state index in [2.05, 4.69) is 26.0 Å². The van der Waals surface area contributed by atoms with Crippen LogP contribution in [0.2, 0.25) is 0 Å². The Kier molecular flexibility index (Phi) is 7.22. The summed E-state index contributed by atoms with van der Waals surface area (Å²) in [5.41, 5.74) is 1.42. The fourth-order valence-corrected chi connectivity index (χ4v) is 2.24. The van der Waals surface area contributed by atoms with Crippen molar-refractivity contribution in [1.29, 1.82) is 0 Å². The number of esters is 1. The van der Waals surface area contributed by atoms with Crippen LogP contribution >= 0.6 is 15.9 Å². The Bertz CT molecular complexity index is 756. The van der Waals surface area contributed by atoms with Crippen LogP contribution in [0.25, 0.3) is 0 Å². The third-order valence-corrected chi connectivity index (χ3v) is 3.77. The second-order valence-electron chi connectivity index (χ2n) is 5.08. The summed E-state index contributed by atoms with van der Waals surface area (Å²) in [6.45, 7) is 0.610. The van der Waals surface area contributed by atoms with Crippen molar-refractivity contribution in [3.63, 3.8) is 0 Å². The highest BCUT2D eigenvalue weighted by atomic mass is 79.9. The van der Waals surface area contributed by atoms with E-state index < -0.39 is 5.97 Å². The monoisotopic (exact) mass is 403 g/mol. The van der Waals surface area contributed by atoms with Crippen LogP contribution in [-0.4, -0.2) is 25.5 Å². The molecule has 0 fully saturated rings. The topological polar surface area (TPSA) is 64.6 Å². The molecule has 0 aliphatic carbocycles. The molecule has 2 aromatic rings. The number of carbonyl (C=O) groups excluding carboxylic acids is 2. The molecule has 0 saturated carbocycles. The van der Waals surface area contributed by atoms with Crippen LogP contribution < -0.4 is 10.1 Å². The predicted octanol–water partition coefficient (Wildman–Crippen LogP) is 3.49. The molecule has 0 aliphatic heterocycles. The number of hydrogen-bond acceptors (Lipinski definition) is 4. The van der Waals surface area contributed by atoms with Crippen LogP contribution in [0.3, 0.4) is 0 Å². The van der Waals surface area contributed by atoms with Crippen LogP contribution in [0.4, 0.5) is 0 Å². The van der Waals surface area contributed by atoms with Gasteiger partial charge in [0.15, 0.2) is 0 Å². The van der Waals surface area contributed by atoms with Crippen molar-refractivity contribution < 1.29 is 19.1 Å². The zero-order valence-electron chi connectivity index (χ0n) is 13.7. The van der Waals surface area contributed by atoms with Gasteiger partial charge in [-0.2, -0.15) is 0 Å². The summed E-state index contributed by atoms with van der Waals surface area (Å²) in [5, 5.41) is 2.71. The second kappa shape index (κ2) is 9.64. The van der Waals surface area contributed by atoms with Gasteiger partial charge in [-0.15, -0.1) is 0 Å². The minimum atomic E-state index is -0.457. The molecule has 0 heterocycles. The highest BCUT2D eigenvalue weighted by molar-refractivity contribution is 9.10. The predicted molar refractivity (Wildman–Crippen MR) is 98.4 cm³/mol. The van der Waals surface area contributed by atoms with Gasteiger partial charge in [-0.1, -0.05) is 34.1 Å². The zero-order valence-corrected chi connectivity index (χ0v) is 15.3. The van der Waals surface area contributed by atoms with Crippen LogP contribution in [0.1, 0.15) is 15.9 Å². The Balaban J connectivity index is 1.89. The minimum absolute atomic E-state index is 0.222. The fourth-order valence-electron chi connectivity index (χ4n) is 1.98. The van der Waals surface area contributed by atoms with Crippen molar-refractivity contribution >= 4 is 27.8 Å². The Morgan fingerprint density at radius 1 is 1.16 bits per heavy atom. The van der Waals surface area contributed by atoms with Crippen molar-refractivity contribution in [1.82, 2.24) is 5.32 Å². The van der Waals surface area contributed by atoms with E-state index >= 15 is 0 Å². The maximum Gasteiger partial charge on any atom is 0.330 e. The third kappa shape index (κ3) is 6.43. The number of nitrogens with one attached hydrogen (secondary N) is 1. The standard InChI is InChI=1S/C19H18BrNO4/c1-24-18(22)6-3-11-21-19(23)15-5-2-4-14(12-15)13-25-17-9-7-16(20)8-10-17/h2-10,12H,11,13H2,1H3,(H,21,23)/b6-3+. The number of methoxy groups -OCH3 is 1. The van der Waals surface area contributed by atoms with E-state index in [1.165, 1.54) is 19.3 Å². The Morgan fingerprint density at radius 2 is 1.92 bits per heavy atom. The first-order valence-corrected chi connectivity index (χ1v) is 8.38. The number of benzene rings is 2. The molecule has 5 nitrogen and oxygen atoms in total. The fraction of sp³-hybridized carbons (Fsp3) is 0.158. The normalized spacial score (nSPS) is 10.5. The lowest BCUT2D eigenvalue weighted by Gasteiger charge is -2.08. The van der Waals surface area contributed by atoms with Gasteiger partial charge >= 0.3 is 5.97 Å². The lowest BCUT2D eigenvalue weighted by Crippen LogP contribution is -2.23. The average molecular weight is 404 g/mol. The second-order valence-corrected chi connectivity index (χ2v) is 5.99. The van der Waals surface area contributed by atoms with Crippen LogP contribution in [-0.2, 0) is 16.1 Å². The molecule has 1 amide bonds. The molecule has 0 atom stereocenters. The molecule has 0 radical (unpaired) electrons. The molecule has 0 spiro atoms. The summed E-state index contributed by atoms with van der Waals surface area (Å²) in [6, 6.07) is 14.7. The summed E-state index contributed by atoms with van der Waals surface area (Å²) in [6.07, 6.45) is 2.80. The first-order chi connectivity index (χ1) is 12.1. The molecular weight excluding hydrogens is 386 g/mol. The van der Waals surface area contributed by atoms with E-state index in [4.69, 9.17) is 4.74 Å². The maximum atomic E-state index is 12.1. The van der Waals surface area contributed by atoms with Gasteiger partial charge in [0.25, 0.3) is 5.91 Å². The molecule has 0 aliphatic rings. The van der Waals surface area contributed by atoms with Gasteiger partial charge in [-0.05, 0) is 42.0 Å². The molecule has 0 bridgehead atoms. The summed E-state index contributed by atoms with van der Waals surface area (Å²) in [7, 11) is 1.30. The number of amides is 1. The first kappa shape index (κ1) is 18.7. The number of carbonyl (C=O) groups is 2. The largest absolute Gasteiger partial charge is 0.489 e. The SMILES string of the molecule is COC(=O)/C=C/CNC(=O)c1cccc(COc2ccc(Br)cc2)c1. The lowest BCUT2D eigenvalue weighted by atomic mass is 10.1. The van der Waals surface area contributed by atoms with E-state index in [-0.39, 0.29) is 12.5 Å². The van der Waals surface area contributed by atoms with E-state index in [1.807, 2.05) is 30.3 Å². The number of ether oxygens (including phenoxy) is 2. The summed E-state index contributed by atoms with van der Waals surface area (Å²) in [4.78, 5) is 23.1. The van der Waals surface area contributed by atoms with Gasteiger partial charge in [0.05, 0.1) is 7.11 Å². The van der Waals surface area contributed by atoms with Crippen LogP contribution in [0, 0.1) is 0 Å². The van der Waals surface area contributed by atoms with Crippen LogP contribution in [0.5, 0.6) is 5.75 Å². The van der Waals surface area contributed by atoms with Gasteiger partial charge in [-0.3, -0.25) is 4.79 Å². The van der Waals surface area contributed by atoms with E-state index in [0.717, 1.165) is 15.8 Å². The van der Waals surface area contributed by atoms with E-state index in [0.29, 0.717) is 12.2 Å². The van der Waals surface area contributed by atoms with Gasteiger partial charge in [0, 0.05) is 22.7 Å². The number of rotatable bonds is 7. The molecule has 2 aromatic carbocycles. The Labute approximate surface area is 154 Å². The summed E-state index contributed by atoms with van der Waals surface area (Å²) < 4.78 is 11.2. The third-order valence-electron chi connectivity index (χ3n) is 3.24. The molecule has 2 rings (SSSR count). The van der Waals surface area contributed by atoms with Gasteiger partial charge in [0.1, 0.15) is 12.4 Å². The minimum Gasteiger partial charge on any atom is -0.489 e. The van der Waals surface area contributed by atoms with Crippen molar-refractivity contribution in [2.45, 2.75) is 6.61 Å². The molecular formula is C19H18BrNO4. The molecule has 130 valence electrons. The summed E-state index contributed by atoms with van der Waals surface area (Å²) in [5.74, 6) is 0.0762. The number of hydrogen-bond donors (Lipinski definition) is 1. The quantitative estimate of drug-likeness (QED) is 0.567. The Morgan fingerprint density at radius 3 is 2.64 bits per heavy atom. The molecule has 0 unspecified atom stereocenters. The Hall–Kier alpha value is -2.60. The van der Waals surface area contributed by atoms with Crippen molar-refractivity contribution in [3.8, 4) is 5.75 Å².